The number of benzene rings is 2. The second kappa shape index (κ2) is 6.24. The second-order valence-corrected chi connectivity index (χ2v) is 8.61. The summed E-state index contributed by atoms with van der Waals surface area (Å²) in [6, 6.07) is 12.2. The second-order valence-electron chi connectivity index (χ2n) is 6.72. The average Bonchev–Trinajstić information content (AvgIpc) is 3.34. The lowest BCUT2D eigenvalue weighted by molar-refractivity contribution is 0.171. The van der Waals surface area contributed by atoms with Gasteiger partial charge >= 0.3 is 0 Å². The van der Waals surface area contributed by atoms with Crippen LogP contribution in [0.2, 0.25) is 0 Å². The van der Waals surface area contributed by atoms with Gasteiger partial charge in [0.1, 0.15) is 19.0 Å². The Labute approximate surface area is 157 Å². The van der Waals surface area contributed by atoms with Crippen LogP contribution in [0.4, 0.5) is 0 Å². The third-order valence-corrected chi connectivity index (χ3v) is 6.95. The SMILES string of the molecule is O=S(=O)(c1ccc2c(c1)OCCO2)N1CCCC1c1nc2ccccc2[nH]1. The smallest absolute Gasteiger partial charge is 0.243 e. The van der Waals surface area contributed by atoms with E-state index in [2.05, 4.69) is 9.97 Å². The molecule has 0 radical (unpaired) electrons. The van der Waals surface area contributed by atoms with Crippen molar-refractivity contribution < 1.29 is 17.9 Å². The number of aromatic amines is 1. The van der Waals surface area contributed by atoms with Crippen LogP contribution in [0.15, 0.2) is 47.4 Å². The normalized spacial score (nSPS) is 20.2. The fourth-order valence-electron chi connectivity index (χ4n) is 3.75. The summed E-state index contributed by atoms with van der Waals surface area (Å²) in [5.41, 5.74) is 1.76. The van der Waals surface area contributed by atoms with Crippen molar-refractivity contribution in [3.63, 3.8) is 0 Å². The van der Waals surface area contributed by atoms with E-state index in [4.69, 9.17) is 9.47 Å². The summed E-state index contributed by atoms with van der Waals surface area (Å²) in [6.07, 6.45) is 1.54. The molecule has 3 aromatic rings. The highest BCUT2D eigenvalue weighted by molar-refractivity contribution is 7.89. The molecule has 140 valence electrons. The third kappa shape index (κ3) is 2.76. The molecule has 8 heteroatoms. The van der Waals surface area contributed by atoms with Gasteiger partial charge in [-0.15, -0.1) is 0 Å². The molecule has 0 spiro atoms. The molecule has 1 N–H and O–H groups in total. The van der Waals surface area contributed by atoms with Crippen LogP contribution in [0, 0.1) is 0 Å². The first-order valence-electron chi connectivity index (χ1n) is 8.99. The van der Waals surface area contributed by atoms with Gasteiger partial charge in [0.15, 0.2) is 11.5 Å². The lowest BCUT2D eigenvalue weighted by atomic mass is 10.2. The Kier molecular flexibility index (Phi) is 3.84. The zero-order chi connectivity index (χ0) is 18.4. The van der Waals surface area contributed by atoms with Gasteiger partial charge in [-0.2, -0.15) is 4.31 Å². The van der Waals surface area contributed by atoms with Crippen LogP contribution in [-0.2, 0) is 10.0 Å². The molecule has 1 atom stereocenters. The van der Waals surface area contributed by atoms with Crippen LogP contribution >= 0.6 is 0 Å². The molecule has 7 nitrogen and oxygen atoms in total. The summed E-state index contributed by atoms with van der Waals surface area (Å²) in [7, 11) is -3.67. The maximum Gasteiger partial charge on any atom is 0.243 e. The predicted octanol–water partition coefficient (Wildman–Crippen LogP) is 2.86. The van der Waals surface area contributed by atoms with Gasteiger partial charge in [-0.05, 0) is 37.1 Å². The highest BCUT2D eigenvalue weighted by Crippen LogP contribution is 2.38. The molecule has 2 aromatic carbocycles. The van der Waals surface area contributed by atoms with Crippen LogP contribution in [0.1, 0.15) is 24.7 Å². The number of sulfonamides is 1. The van der Waals surface area contributed by atoms with Crippen molar-refractivity contribution in [1.82, 2.24) is 14.3 Å². The van der Waals surface area contributed by atoms with Gasteiger partial charge in [-0.1, -0.05) is 12.1 Å². The van der Waals surface area contributed by atoms with Crippen molar-refractivity contribution in [2.24, 2.45) is 0 Å². The fourth-order valence-corrected chi connectivity index (χ4v) is 5.43. The van der Waals surface area contributed by atoms with Crippen LogP contribution < -0.4 is 9.47 Å². The molecule has 2 aliphatic heterocycles. The largest absolute Gasteiger partial charge is 0.486 e. The Balaban J connectivity index is 1.52. The first-order valence-corrected chi connectivity index (χ1v) is 10.4. The highest BCUT2D eigenvalue weighted by atomic mass is 32.2. The van der Waals surface area contributed by atoms with Gasteiger partial charge in [-0.3, -0.25) is 0 Å². The number of aromatic nitrogens is 2. The maximum absolute atomic E-state index is 13.3. The van der Waals surface area contributed by atoms with Gasteiger partial charge in [0.2, 0.25) is 10.0 Å². The van der Waals surface area contributed by atoms with Gasteiger partial charge in [0.25, 0.3) is 0 Å². The van der Waals surface area contributed by atoms with E-state index >= 15 is 0 Å². The number of ether oxygens (including phenoxy) is 2. The Morgan fingerprint density at radius 2 is 1.89 bits per heavy atom. The number of para-hydroxylation sites is 2. The Morgan fingerprint density at radius 3 is 2.74 bits per heavy atom. The lowest BCUT2D eigenvalue weighted by Crippen LogP contribution is -2.31. The quantitative estimate of drug-likeness (QED) is 0.749. The van der Waals surface area contributed by atoms with Crippen molar-refractivity contribution in [2.45, 2.75) is 23.8 Å². The van der Waals surface area contributed by atoms with Crippen molar-refractivity contribution in [3.8, 4) is 11.5 Å². The first-order chi connectivity index (χ1) is 13.1. The fraction of sp³-hybridized carbons (Fsp3) is 0.316. The number of nitrogens with zero attached hydrogens (tertiary/aromatic N) is 2. The minimum Gasteiger partial charge on any atom is -0.486 e. The Morgan fingerprint density at radius 1 is 1.07 bits per heavy atom. The standard InChI is InChI=1S/C19H19N3O4S/c23-27(24,13-7-8-17-18(12-13)26-11-10-25-17)22-9-3-6-16(22)19-20-14-4-1-2-5-15(14)21-19/h1-2,4-5,7-8,12,16H,3,6,9-11H2,(H,20,21). The molecule has 27 heavy (non-hydrogen) atoms. The molecular weight excluding hydrogens is 366 g/mol. The van der Waals surface area contributed by atoms with Gasteiger partial charge in [0.05, 0.1) is 22.0 Å². The monoisotopic (exact) mass is 385 g/mol. The molecule has 0 amide bonds. The van der Waals surface area contributed by atoms with Crippen molar-refractivity contribution in [1.29, 1.82) is 0 Å². The Bertz CT molecular complexity index is 1080. The summed E-state index contributed by atoms with van der Waals surface area (Å²) < 4.78 is 39.2. The van der Waals surface area contributed by atoms with E-state index in [1.54, 1.807) is 18.2 Å². The topological polar surface area (TPSA) is 84.5 Å². The first kappa shape index (κ1) is 16.6. The Hall–Kier alpha value is -2.58. The zero-order valence-corrected chi connectivity index (χ0v) is 15.4. The number of rotatable bonds is 3. The molecule has 1 unspecified atom stereocenters. The number of nitrogens with one attached hydrogen (secondary N) is 1. The number of hydrogen-bond donors (Lipinski definition) is 1. The number of imidazole rings is 1. The van der Waals surface area contributed by atoms with Gasteiger partial charge < -0.3 is 14.5 Å². The average molecular weight is 385 g/mol. The van der Waals surface area contributed by atoms with Gasteiger partial charge in [0, 0.05) is 12.6 Å². The van der Waals surface area contributed by atoms with E-state index in [0.717, 1.165) is 23.9 Å². The molecule has 0 aliphatic carbocycles. The summed E-state index contributed by atoms with van der Waals surface area (Å²) >= 11 is 0. The lowest BCUT2D eigenvalue weighted by Gasteiger charge is -2.24. The molecule has 5 rings (SSSR count). The third-order valence-electron chi connectivity index (χ3n) is 5.05. The van der Waals surface area contributed by atoms with Crippen molar-refractivity contribution >= 4 is 21.1 Å². The van der Waals surface area contributed by atoms with E-state index in [0.29, 0.717) is 37.1 Å². The van der Waals surface area contributed by atoms with E-state index in [1.165, 1.54) is 4.31 Å². The maximum atomic E-state index is 13.3. The van der Waals surface area contributed by atoms with E-state index in [9.17, 15) is 8.42 Å². The molecule has 0 bridgehead atoms. The zero-order valence-electron chi connectivity index (χ0n) is 14.6. The van der Waals surface area contributed by atoms with Crippen LogP contribution in [0.3, 0.4) is 0 Å². The minimum absolute atomic E-state index is 0.217. The highest BCUT2D eigenvalue weighted by Gasteiger charge is 2.38. The summed E-state index contributed by atoms with van der Waals surface area (Å²) in [6.45, 7) is 1.36. The van der Waals surface area contributed by atoms with E-state index in [-0.39, 0.29) is 10.9 Å². The summed E-state index contributed by atoms with van der Waals surface area (Å²) in [5.74, 6) is 1.74. The number of fused-ring (bicyclic) bond motifs is 2. The molecule has 2 aliphatic rings. The van der Waals surface area contributed by atoms with Crippen LogP contribution in [0.25, 0.3) is 11.0 Å². The number of H-pyrrole nitrogens is 1. The van der Waals surface area contributed by atoms with E-state index in [1.807, 2.05) is 24.3 Å². The van der Waals surface area contributed by atoms with Crippen LogP contribution in [-0.4, -0.2) is 42.4 Å². The molecule has 1 aromatic heterocycles. The molecule has 1 fully saturated rings. The number of hydrogen-bond acceptors (Lipinski definition) is 5. The van der Waals surface area contributed by atoms with Crippen molar-refractivity contribution in [3.05, 3.63) is 48.3 Å². The molecular formula is C19H19N3O4S. The van der Waals surface area contributed by atoms with Crippen LogP contribution in [0.5, 0.6) is 11.5 Å². The molecule has 0 saturated carbocycles. The molecule has 3 heterocycles. The minimum atomic E-state index is -3.67. The summed E-state index contributed by atoms with van der Waals surface area (Å²) in [4.78, 5) is 8.11. The van der Waals surface area contributed by atoms with Crippen molar-refractivity contribution in [2.75, 3.05) is 19.8 Å². The van der Waals surface area contributed by atoms with E-state index < -0.39 is 10.0 Å². The predicted molar refractivity (Wildman–Crippen MR) is 99.4 cm³/mol. The molecule has 1 saturated heterocycles. The summed E-state index contributed by atoms with van der Waals surface area (Å²) in [5, 5.41) is 0. The van der Waals surface area contributed by atoms with Gasteiger partial charge in [-0.25, -0.2) is 13.4 Å².